The lowest BCUT2D eigenvalue weighted by molar-refractivity contribution is -0.131. The number of carboxylic acids is 1. The first-order valence-corrected chi connectivity index (χ1v) is 4.65. The molecule has 0 radical (unpaired) electrons. The average Bonchev–Trinajstić information content (AvgIpc) is 2.76. The Bertz CT molecular complexity index is 184. The molecule has 2 heteroatoms. The first kappa shape index (κ1) is 9.30. The van der Waals surface area contributed by atoms with Crippen molar-refractivity contribution in [1.82, 2.24) is 0 Å². The van der Waals surface area contributed by atoms with Gasteiger partial charge in [0.2, 0.25) is 0 Å². The molecule has 1 N–H and O–H groups in total. The SMILES string of the molecule is CCCCC1CC1/C=C/C(=O)O. The highest BCUT2D eigenvalue weighted by Crippen LogP contribution is 2.43. The van der Waals surface area contributed by atoms with Crippen molar-refractivity contribution in [2.45, 2.75) is 32.6 Å². The smallest absolute Gasteiger partial charge is 0.327 e. The van der Waals surface area contributed by atoms with Crippen LogP contribution in [0.2, 0.25) is 0 Å². The molecule has 1 fully saturated rings. The summed E-state index contributed by atoms with van der Waals surface area (Å²) in [5.41, 5.74) is 0. The molecule has 0 spiro atoms. The summed E-state index contributed by atoms with van der Waals surface area (Å²) in [6.07, 6.45) is 8.10. The predicted molar refractivity (Wildman–Crippen MR) is 47.9 cm³/mol. The lowest BCUT2D eigenvalue weighted by Crippen LogP contribution is -1.87. The molecule has 0 aliphatic heterocycles. The van der Waals surface area contributed by atoms with E-state index in [-0.39, 0.29) is 0 Å². The van der Waals surface area contributed by atoms with Gasteiger partial charge in [0, 0.05) is 6.08 Å². The molecule has 2 unspecified atom stereocenters. The van der Waals surface area contributed by atoms with Gasteiger partial charge in [-0.3, -0.25) is 0 Å². The number of carbonyl (C=O) groups is 1. The molecule has 68 valence electrons. The molecule has 0 saturated heterocycles. The Morgan fingerprint density at radius 2 is 2.42 bits per heavy atom. The van der Waals surface area contributed by atoms with E-state index >= 15 is 0 Å². The third kappa shape index (κ3) is 3.07. The third-order valence-corrected chi connectivity index (χ3v) is 2.39. The highest BCUT2D eigenvalue weighted by Gasteiger charge is 2.33. The summed E-state index contributed by atoms with van der Waals surface area (Å²) >= 11 is 0. The minimum Gasteiger partial charge on any atom is -0.478 e. The maximum atomic E-state index is 10.2. The molecule has 0 bridgehead atoms. The summed E-state index contributed by atoms with van der Waals surface area (Å²) in [7, 11) is 0. The zero-order valence-electron chi connectivity index (χ0n) is 7.49. The van der Waals surface area contributed by atoms with Crippen LogP contribution >= 0.6 is 0 Å². The zero-order valence-corrected chi connectivity index (χ0v) is 7.49. The van der Waals surface area contributed by atoms with Crippen molar-refractivity contribution in [1.29, 1.82) is 0 Å². The minimum absolute atomic E-state index is 0.563. The van der Waals surface area contributed by atoms with Crippen molar-refractivity contribution >= 4 is 5.97 Å². The van der Waals surface area contributed by atoms with E-state index in [2.05, 4.69) is 6.92 Å². The third-order valence-electron chi connectivity index (χ3n) is 2.39. The Hall–Kier alpha value is -0.790. The molecule has 1 aliphatic rings. The van der Waals surface area contributed by atoms with Gasteiger partial charge < -0.3 is 5.11 Å². The van der Waals surface area contributed by atoms with Crippen LogP contribution in [-0.2, 0) is 4.79 Å². The highest BCUT2D eigenvalue weighted by atomic mass is 16.4. The molecular weight excluding hydrogens is 152 g/mol. The highest BCUT2D eigenvalue weighted by molar-refractivity contribution is 5.79. The summed E-state index contributed by atoms with van der Waals surface area (Å²) in [4.78, 5) is 10.2. The van der Waals surface area contributed by atoms with Crippen LogP contribution in [0.4, 0.5) is 0 Å². The summed E-state index contributed by atoms with van der Waals surface area (Å²) in [5.74, 6) is 0.518. The fourth-order valence-electron chi connectivity index (χ4n) is 1.51. The van der Waals surface area contributed by atoms with Crippen LogP contribution in [0, 0.1) is 11.8 Å². The predicted octanol–water partition coefficient (Wildman–Crippen LogP) is 2.45. The van der Waals surface area contributed by atoms with Gasteiger partial charge >= 0.3 is 5.97 Å². The van der Waals surface area contributed by atoms with Crippen LogP contribution < -0.4 is 0 Å². The van der Waals surface area contributed by atoms with Crippen LogP contribution in [0.25, 0.3) is 0 Å². The van der Waals surface area contributed by atoms with Gasteiger partial charge in [0.25, 0.3) is 0 Å². The van der Waals surface area contributed by atoms with Gasteiger partial charge in [0.15, 0.2) is 0 Å². The summed E-state index contributed by atoms with van der Waals surface area (Å²) in [6, 6.07) is 0. The van der Waals surface area contributed by atoms with Crippen molar-refractivity contribution in [2.75, 3.05) is 0 Å². The average molecular weight is 168 g/mol. The summed E-state index contributed by atoms with van der Waals surface area (Å²) in [6.45, 7) is 2.18. The van der Waals surface area contributed by atoms with Gasteiger partial charge in [-0.15, -0.1) is 0 Å². The Labute approximate surface area is 73.3 Å². The second-order valence-corrected chi connectivity index (χ2v) is 3.50. The summed E-state index contributed by atoms with van der Waals surface area (Å²) < 4.78 is 0. The molecule has 0 heterocycles. The molecular formula is C10H16O2. The monoisotopic (exact) mass is 168 g/mol. The molecule has 12 heavy (non-hydrogen) atoms. The van der Waals surface area contributed by atoms with Gasteiger partial charge in [-0.25, -0.2) is 4.79 Å². The molecule has 0 amide bonds. The van der Waals surface area contributed by atoms with E-state index in [9.17, 15) is 4.79 Å². The van der Waals surface area contributed by atoms with Crippen molar-refractivity contribution in [3.05, 3.63) is 12.2 Å². The molecule has 0 aromatic rings. The van der Waals surface area contributed by atoms with Crippen LogP contribution in [0.3, 0.4) is 0 Å². The number of allylic oxidation sites excluding steroid dienone is 1. The van der Waals surface area contributed by atoms with Gasteiger partial charge in [0.1, 0.15) is 0 Å². The lowest BCUT2D eigenvalue weighted by atomic mass is 10.1. The fraction of sp³-hybridized carbons (Fsp3) is 0.700. The van der Waals surface area contributed by atoms with Crippen molar-refractivity contribution in [2.24, 2.45) is 11.8 Å². The van der Waals surface area contributed by atoms with Crippen LogP contribution in [0.1, 0.15) is 32.6 Å². The Morgan fingerprint density at radius 1 is 1.67 bits per heavy atom. The Morgan fingerprint density at radius 3 is 3.00 bits per heavy atom. The number of aliphatic carboxylic acids is 1. The minimum atomic E-state index is -0.823. The number of hydrogen-bond acceptors (Lipinski definition) is 1. The molecule has 2 atom stereocenters. The van der Waals surface area contributed by atoms with Crippen LogP contribution in [0.5, 0.6) is 0 Å². The van der Waals surface area contributed by atoms with E-state index in [4.69, 9.17) is 5.11 Å². The van der Waals surface area contributed by atoms with Crippen molar-refractivity contribution in [3.8, 4) is 0 Å². The standard InChI is InChI=1S/C10H16O2/c1-2-3-4-8-7-9(8)5-6-10(11)12/h5-6,8-9H,2-4,7H2,1H3,(H,11,12)/b6-5+. The lowest BCUT2D eigenvalue weighted by Gasteiger charge is -1.92. The maximum Gasteiger partial charge on any atom is 0.327 e. The van der Waals surface area contributed by atoms with Crippen molar-refractivity contribution < 1.29 is 9.90 Å². The quantitative estimate of drug-likeness (QED) is 0.640. The van der Waals surface area contributed by atoms with Gasteiger partial charge in [-0.2, -0.15) is 0 Å². The summed E-state index contributed by atoms with van der Waals surface area (Å²) in [5, 5.41) is 8.37. The molecule has 1 aliphatic carbocycles. The topological polar surface area (TPSA) is 37.3 Å². The second-order valence-electron chi connectivity index (χ2n) is 3.50. The maximum absolute atomic E-state index is 10.2. The van der Waals surface area contributed by atoms with Crippen molar-refractivity contribution in [3.63, 3.8) is 0 Å². The number of unbranched alkanes of at least 4 members (excludes halogenated alkanes) is 1. The largest absolute Gasteiger partial charge is 0.478 e. The van der Waals surface area contributed by atoms with E-state index < -0.39 is 5.97 Å². The van der Waals surface area contributed by atoms with Gasteiger partial charge in [-0.1, -0.05) is 25.8 Å². The first-order chi connectivity index (χ1) is 5.74. The Balaban J connectivity index is 2.11. The zero-order chi connectivity index (χ0) is 8.97. The van der Waals surface area contributed by atoms with Gasteiger partial charge in [-0.05, 0) is 24.7 Å². The van der Waals surface area contributed by atoms with Crippen LogP contribution in [0.15, 0.2) is 12.2 Å². The normalized spacial score (nSPS) is 27.8. The fourth-order valence-corrected chi connectivity index (χ4v) is 1.51. The first-order valence-electron chi connectivity index (χ1n) is 4.65. The molecule has 2 nitrogen and oxygen atoms in total. The Kier molecular flexibility index (Phi) is 3.32. The molecule has 1 rings (SSSR count). The number of rotatable bonds is 5. The van der Waals surface area contributed by atoms with Gasteiger partial charge in [0.05, 0.1) is 0 Å². The second kappa shape index (κ2) is 4.29. The molecule has 0 aromatic carbocycles. The molecule has 0 aromatic heterocycles. The van der Waals surface area contributed by atoms with E-state index in [0.717, 1.165) is 5.92 Å². The van der Waals surface area contributed by atoms with E-state index in [0.29, 0.717) is 5.92 Å². The number of hydrogen-bond donors (Lipinski definition) is 1. The van der Waals surface area contributed by atoms with E-state index in [1.165, 1.54) is 31.8 Å². The van der Waals surface area contributed by atoms with Crippen LogP contribution in [-0.4, -0.2) is 11.1 Å². The van der Waals surface area contributed by atoms with E-state index in [1.54, 1.807) is 0 Å². The number of carboxylic acid groups (broad SMARTS) is 1. The van der Waals surface area contributed by atoms with E-state index in [1.807, 2.05) is 6.08 Å². The molecule has 1 saturated carbocycles.